The van der Waals surface area contributed by atoms with Crippen LogP contribution in [0.25, 0.3) is 11.1 Å². The number of alkyl halides is 3. The number of methoxy groups -OCH3 is 1. The van der Waals surface area contributed by atoms with Crippen LogP contribution in [0.5, 0.6) is 5.75 Å². The third-order valence-electron chi connectivity index (χ3n) is 4.11. The van der Waals surface area contributed by atoms with Gasteiger partial charge in [-0.1, -0.05) is 66.2 Å². The molecule has 0 unspecified atom stereocenters. The number of benzene rings is 3. The van der Waals surface area contributed by atoms with E-state index in [9.17, 15) is 13.2 Å². The minimum absolute atomic E-state index is 0.0908. The van der Waals surface area contributed by atoms with E-state index in [1.54, 1.807) is 66.7 Å². The first-order chi connectivity index (χ1) is 12.9. The molecule has 0 N–H and O–H groups in total. The SMILES string of the molecule is COc1ccc(/C(=C(\c2ccccc2)C(F)(F)F)c2ccc(Cl)cc2)cc1. The highest BCUT2D eigenvalue weighted by atomic mass is 35.5. The van der Waals surface area contributed by atoms with Crippen molar-refractivity contribution >= 4 is 22.7 Å². The lowest BCUT2D eigenvalue weighted by atomic mass is 9.89. The first-order valence-corrected chi connectivity index (χ1v) is 8.55. The molecule has 0 aliphatic carbocycles. The number of allylic oxidation sites excluding steroid dienone is 1. The number of hydrogen-bond acceptors (Lipinski definition) is 1. The van der Waals surface area contributed by atoms with Crippen LogP contribution in [0.4, 0.5) is 13.2 Å². The van der Waals surface area contributed by atoms with E-state index in [0.29, 0.717) is 21.9 Å². The fourth-order valence-electron chi connectivity index (χ4n) is 2.88. The van der Waals surface area contributed by atoms with Crippen LogP contribution in [0.1, 0.15) is 16.7 Å². The lowest BCUT2D eigenvalue weighted by Crippen LogP contribution is -2.14. The molecule has 3 rings (SSSR count). The first kappa shape index (κ1) is 19.1. The second-order valence-electron chi connectivity index (χ2n) is 5.85. The van der Waals surface area contributed by atoms with Gasteiger partial charge in [-0.15, -0.1) is 0 Å². The number of hydrogen-bond donors (Lipinski definition) is 0. The maximum absolute atomic E-state index is 14.1. The van der Waals surface area contributed by atoms with Gasteiger partial charge in [-0.3, -0.25) is 0 Å². The van der Waals surface area contributed by atoms with Gasteiger partial charge in [0.05, 0.1) is 12.7 Å². The largest absolute Gasteiger partial charge is 0.497 e. The molecule has 0 atom stereocenters. The van der Waals surface area contributed by atoms with Gasteiger partial charge in [0.25, 0.3) is 0 Å². The first-order valence-electron chi connectivity index (χ1n) is 8.17. The monoisotopic (exact) mass is 388 g/mol. The molecule has 0 heterocycles. The third-order valence-corrected chi connectivity index (χ3v) is 4.36. The van der Waals surface area contributed by atoms with E-state index in [2.05, 4.69) is 0 Å². The molecule has 5 heteroatoms. The molecule has 0 aliphatic heterocycles. The summed E-state index contributed by atoms with van der Waals surface area (Å²) in [6.07, 6.45) is -4.55. The molecule has 0 radical (unpaired) electrons. The smallest absolute Gasteiger partial charge is 0.417 e. The van der Waals surface area contributed by atoms with Gasteiger partial charge in [0.1, 0.15) is 5.75 Å². The van der Waals surface area contributed by atoms with Crippen molar-refractivity contribution in [2.75, 3.05) is 7.11 Å². The van der Waals surface area contributed by atoms with Gasteiger partial charge in [-0.05, 0) is 41.0 Å². The standard InChI is InChI=1S/C22H16ClF3O/c1-27-19-13-9-16(10-14-19)20(15-7-11-18(23)12-8-15)21(22(24,25)26)17-5-3-2-4-6-17/h2-14H,1H3/b21-20+. The molecule has 0 aliphatic rings. The highest BCUT2D eigenvalue weighted by molar-refractivity contribution is 6.30. The minimum atomic E-state index is -4.55. The summed E-state index contributed by atoms with van der Waals surface area (Å²) in [6, 6.07) is 20.7. The van der Waals surface area contributed by atoms with Gasteiger partial charge in [-0.2, -0.15) is 13.2 Å². The van der Waals surface area contributed by atoms with Crippen molar-refractivity contribution in [2.24, 2.45) is 0 Å². The van der Waals surface area contributed by atoms with E-state index in [1.807, 2.05) is 0 Å². The molecule has 138 valence electrons. The Balaban J connectivity index is 2.34. The zero-order chi connectivity index (χ0) is 19.4. The van der Waals surface area contributed by atoms with E-state index in [4.69, 9.17) is 16.3 Å². The molecule has 0 spiro atoms. The van der Waals surface area contributed by atoms with E-state index >= 15 is 0 Å². The van der Waals surface area contributed by atoms with Crippen LogP contribution in [0, 0.1) is 0 Å². The Morgan fingerprint density at radius 1 is 0.741 bits per heavy atom. The van der Waals surface area contributed by atoms with Crippen molar-refractivity contribution in [3.8, 4) is 5.75 Å². The number of halogens is 4. The molecule has 0 amide bonds. The molecule has 27 heavy (non-hydrogen) atoms. The van der Waals surface area contributed by atoms with E-state index < -0.39 is 11.7 Å². The van der Waals surface area contributed by atoms with Crippen LogP contribution in [0.15, 0.2) is 78.9 Å². The molecule has 1 nitrogen and oxygen atoms in total. The summed E-state index contributed by atoms with van der Waals surface area (Å²) in [4.78, 5) is 0. The topological polar surface area (TPSA) is 9.23 Å². The molecule has 0 saturated carbocycles. The number of ether oxygens (including phenoxy) is 1. The van der Waals surface area contributed by atoms with Crippen LogP contribution < -0.4 is 4.74 Å². The highest BCUT2D eigenvalue weighted by Gasteiger charge is 2.38. The third kappa shape index (κ3) is 4.34. The van der Waals surface area contributed by atoms with Crippen LogP contribution in [0.2, 0.25) is 5.02 Å². The van der Waals surface area contributed by atoms with E-state index in [0.717, 1.165) is 0 Å². The zero-order valence-electron chi connectivity index (χ0n) is 14.4. The highest BCUT2D eigenvalue weighted by Crippen LogP contribution is 2.42. The summed E-state index contributed by atoms with van der Waals surface area (Å²) in [5, 5.41) is 0.459. The van der Waals surface area contributed by atoms with Gasteiger partial charge in [-0.25, -0.2) is 0 Å². The molecular weight excluding hydrogens is 373 g/mol. The Kier molecular flexibility index (Phi) is 5.57. The fraction of sp³-hybridized carbons (Fsp3) is 0.0909. The Morgan fingerprint density at radius 2 is 1.26 bits per heavy atom. The van der Waals surface area contributed by atoms with Gasteiger partial charge in [0.2, 0.25) is 0 Å². The van der Waals surface area contributed by atoms with Crippen molar-refractivity contribution in [1.29, 1.82) is 0 Å². The summed E-state index contributed by atoms with van der Waals surface area (Å²) in [5.41, 5.74) is 0.365. The molecule has 0 bridgehead atoms. The van der Waals surface area contributed by atoms with Gasteiger partial charge >= 0.3 is 6.18 Å². The summed E-state index contributed by atoms with van der Waals surface area (Å²) < 4.78 is 47.6. The van der Waals surface area contributed by atoms with Crippen molar-refractivity contribution in [3.63, 3.8) is 0 Å². The maximum atomic E-state index is 14.1. The van der Waals surface area contributed by atoms with Gasteiger partial charge in [0, 0.05) is 10.6 Å². The quantitative estimate of drug-likeness (QED) is 0.443. The van der Waals surface area contributed by atoms with Gasteiger partial charge in [0.15, 0.2) is 0 Å². The van der Waals surface area contributed by atoms with Crippen molar-refractivity contribution < 1.29 is 17.9 Å². The van der Waals surface area contributed by atoms with Crippen LogP contribution in [0.3, 0.4) is 0 Å². The second kappa shape index (κ2) is 7.89. The maximum Gasteiger partial charge on any atom is 0.417 e. The zero-order valence-corrected chi connectivity index (χ0v) is 15.2. The van der Waals surface area contributed by atoms with Crippen molar-refractivity contribution in [1.82, 2.24) is 0 Å². The average Bonchev–Trinajstić information content (AvgIpc) is 2.67. The Hall–Kier alpha value is -2.72. The average molecular weight is 389 g/mol. The number of rotatable bonds is 4. The molecule has 0 aromatic heterocycles. The van der Waals surface area contributed by atoms with Gasteiger partial charge < -0.3 is 4.74 Å². The summed E-state index contributed by atoms with van der Waals surface area (Å²) >= 11 is 5.93. The normalized spacial score (nSPS) is 12.5. The van der Waals surface area contributed by atoms with Crippen LogP contribution in [-0.4, -0.2) is 13.3 Å². The Labute approximate surface area is 160 Å². The molecule has 0 fully saturated rings. The summed E-state index contributed by atoms with van der Waals surface area (Å²) in [6.45, 7) is 0. The molecule has 3 aromatic carbocycles. The fourth-order valence-corrected chi connectivity index (χ4v) is 3.01. The van der Waals surface area contributed by atoms with E-state index in [-0.39, 0.29) is 11.1 Å². The Bertz CT molecular complexity index is 928. The molecular formula is C22H16ClF3O. The van der Waals surface area contributed by atoms with Crippen LogP contribution >= 0.6 is 11.6 Å². The Morgan fingerprint density at radius 3 is 1.74 bits per heavy atom. The van der Waals surface area contributed by atoms with Crippen LogP contribution in [-0.2, 0) is 0 Å². The lowest BCUT2D eigenvalue weighted by Gasteiger charge is -2.20. The second-order valence-corrected chi connectivity index (χ2v) is 6.29. The molecule has 0 saturated heterocycles. The van der Waals surface area contributed by atoms with Crippen molar-refractivity contribution in [2.45, 2.75) is 6.18 Å². The summed E-state index contributed by atoms with van der Waals surface area (Å²) in [7, 11) is 1.51. The predicted octanol–water partition coefficient (Wildman–Crippen LogP) is 6.87. The van der Waals surface area contributed by atoms with E-state index in [1.165, 1.54) is 19.2 Å². The predicted molar refractivity (Wildman–Crippen MR) is 103 cm³/mol. The lowest BCUT2D eigenvalue weighted by molar-refractivity contribution is -0.0685. The molecule has 3 aromatic rings. The van der Waals surface area contributed by atoms with Crippen molar-refractivity contribution in [3.05, 3.63) is 101 Å². The summed E-state index contributed by atoms with van der Waals surface area (Å²) in [5.74, 6) is 0.572. The minimum Gasteiger partial charge on any atom is -0.497 e.